The summed E-state index contributed by atoms with van der Waals surface area (Å²) in [5, 5.41) is 22.4. The second-order valence-corrected chi connectivity index (χ2v) is 17.1. The van der Waals surface area contributed by atoms with Gasteiger partial charge in [-0.2, -0.15) is 5.10 Å². The smallest absolute Gasteiger partial charge is 0.330 e. The molecule has 15 nitrogen and oxygen atoms in total. The summed E-state index contributed by atoms with van der Waals surface area (Å²) >= 11 is 0. The number of anilines is 1. The molecule has 7 rings (SSSR count). The van der Waals surface area contributed by atoms with E-state index in [9.17, 15) is 19.6 Å². The molecule has 0 spiro atoms. The Kier molecular flexibility index (Phi) is 15.6. The molecule has 3 aromatic rings. The molecule has 1 amide bonds. The molecule has 1 aromatic heterocycles. The molecular weight excluding hydrogens is 767 g/mol. The summed E-state index contributed by atoms with van der Waals surface area (Å²) in [6.45, 7) is 9.80. The molecule has 0 radical (unpaired) electrons. The van der Waals surface area contributed by atoms with Crippen LogP contribution in [0.25, 0.3) is 16.9 Å². The Hall–Kier alpha value is -4.57. The van der Waals surface area contributed by atoms with Crippen LogP contribution in [0.3, 0.4) is 0 Å². The molecule has 4 bridgehead atoms. The lowest BCUT2D eigenvalue weighted by Gasteiger charge is -2.59. The Morgan fingerprint density at radius 1 is 0.933 bits per heavy atom. The van der Waals surface area contributed by atoms with Gasteiger partial charge in [-0.05, 0) is 124 Å². The van der Waals surface area contributed by atoms with Crippen LogP contribution >= 0.6 is 0 Å². The zero-order valence-corrected chi connectivity index (χ0v) is 36.1. The number of amides is 1. The number of benzene rings is 2. The zero-order valence-electron chi connectivity index (χ0n) is 36.1. The van der Waals surface area contributed by atoms with Crippen molar-refractivity contribution < 1.29 is 38.4 Å². The number of ether oxygens (including phenoxy) is 4. The first kappa shape index (κ1) is 45.0. The molecule has 1 heterocycles. The average Bonchev–Trinajstić information content (AvgIpc) is 3.67. The van der Waals surface area contributed by atoms with Crippen LogP contribution in [0.1, 0.15) is 80.8 Å². The standard InChI is InChI=1S/C45H65N7O8/c1-30(2)36-28-35(47-14-7-15-50(3)16-8-17-51(56)18-20-60-22-21-59-19-13-46)11-12-38(36)52-39(42-40(57-4)9-6-10-41(42)58-5)29-37(49-52)43(53)48-45(44(54)55)33-24-31-23-32(26-33)27-34(45)25-31/h6,9-12,28-34,47H,7-8,13-27,46H2,1-5H3,(H-,48,53,54,55)/p+1. The molecule has 5 N–H and O–H groups in total. The van der Waals surface area contributed by atoms with E-state index in [-0.39, 0.29) is 23.4 Å². The normalized spacial score (nSPS) is 21.7. The lowest BCUT2D eigenvalue weighted by atomic mass is 9.48. The summed E-state index contributed by atoms with van der Waals surface area (Å²) in [7, 11) is 5.26. The Balaban J connectivity index is 1.14. The van der Waals surface area contributed by atoms with Gasteiger partial charge in [0.05, 0.1) is 51.0 Å². The van der Waals surface area contributed by atoms with Gasteiger partial charge in [0, 0.05) is 41.4 Å². The summed E-state index contributed by atoms with van der Waals surface area (Å²) in [5.74, 6) is 0.641. The van der Waals surface area contributed by atoms with Gasteiger partial charge in [-0.25, -0.2) is 9.48 Å². The topological polar surface area (TPSA) is 183 Å². The van der Waals surface area contributed by atoms with Gasteiger partial charge in [-0.1, -0.05) is 19.9 Å². The molecule has 4 aliphatic rings. The first-order valence-electron chi connectivity index (χ1n) is 21.7. The van der Waals surface area contributed by atoms with Crippen molar-refractivity contribution in [3.63, 3.8) is 0 Å². The number of carboxylic acids is 1. The molecule has 4 fully saturated rings. The summed E-state index contributed by atoms with van der Waals surface area (Å²) in [6, 6.07) is 13.4. The SMILES string of the molecule is COc1cccc(OC)c1-c1cc(C(=O)NC2(C(=O)O)C3CC4CC(C3)CC2C4)nn1-c1ccc(NCCCN(C)CCC[N+](=O)CCOCCOCCN)cc1C(C)C. The number of rotatable bonds is 25. The van der Waals surface area contributed by atoms with Gasteiger partial charge in [0.15, 0.2) is 12.2 Å². The van der Waals surface area contributed by atoms with E-state index in [1.165, 1.54) is 6.42 Å². The van der Waals surface area contributed by atoms with Gasteiger partial charge in [0.2, 0.25) is 6.54 Å². The second-order valence-electron chi connectivity index (χ2n) is 17.1. The Morgan fingerprint density at radius 3 is 2.20 bits per heavy atom. The van der Waals surface area contributed by atoms with Crippen LogP contribution in [-0.4, -0.2) is 129 Å². The van der Waals surface area contributed by atoms with Crippen LogP contribution in [-0.2, 0) is 14.3 Å². The first-order valence-corrected chi connectivity index (χ1v) is 21.7. The largest absolute Gasteiger partial charge is 0.496 e. The van der Waals surface area contributed by atoms with Gasteiger partial charge in [0.25, 0.3) is 5.91 Å². The fourth-order valence-corrected chi connectivity index (χ4v) is 9.96. The van der Waals surface area contributed by atoms with E-state index in [2.05, 4.69) is 42.5 Å². The van der Waals surface area contributed by atoms with E-state index in [0.717, 1.165) is 79.9 Å². The minimum Gasteiger partial charge on any atom is -0.496 e. The number of carbonyl (C=O) groups is 2. The van der Waals surface area contributed by atoms with E-state index in [1.54, 1.807) is 25.0 Å². The number of aromatic nitrogens is 2. The van der Waals surface area contributed by atoms with E-state index < -0.39 is 17.4 Å². The lowest BCUT2D eigenvalue weighted by Crippen LogP contribution is -2.70. The molecular formula is C45H66N7O8+. The van der Waals surface area contributed by atoms with Crippen molar-refractivity contribution in [3.8, 4) is 28.4 Å². The van der Waals surface area contributed by atoms with Gasteiger partial charge in [-0.3, -0.25) is 4.79 Å². The van der Waals surface area contributed by atoms with Gasteiger partial charge in [0.1, 0.15) is 23.6 Å². The number of hydrogen-bond acceptors (Lipinski definition) is 11. The quantitative estimate of drug-likeness (QED) is 0.0615. The van der Waals surface area contributed by atoms with Crippen molar-refractivity contribution in [2.24, 2.45) is 29.4 Å². The Bertz CT molecular complexity index is 1880. The number of aliphatic carboxylic acids is 1. The van der Waals surface area contributed by atoms with Gasteiger partial charge >= 0.3 is 5.97 Å². The summed E-state index contributed by atoms with van der Waals surface area (Å²) in [4.78, 5) is 42.0. The summed E-state index contributed by atoms with van der Waals surface area (Å²) < 4.78 is 25.2. The van der Waals surface area contributed by atoms with E-state index in [4.69, 9.17) is 29.8 Å². The maximum atomic E-state index is 14.4. The van der Waals surface area contributed by atoms with Crippen molar-refractivity contribution in [2.45, 2.75) is 70.3 Å². The molecule has 0 atom stereocenters. The van der Waals surface area contributed by atoms with Crippen LogP contribution in [0.4, 0.5) is 5.69 Å². The van der Waals surface area contributed by atoms with Crippen LogP contribution in [0.15, 0.2) is 42.5 Å². The third kappa shape index (κ3) is 10.3. The van der Waals surface area contributed by atoms with Crippen molar-refractivity contribution >= 4 is 17.6 Å². The van der Waals surface area contributed by atoms with Crippen molar-refractivity contribution in [3.05, 3.63) is 58.6 Å². The second kappa shape index (κ2) is 20.8. The molecule has 4 saturated carbocycles. The van der Waals surface area contributed by atoms with Crippen molar-refractivity contribution in [1.82, 2.24) is 20.0 Å². The predicted octanol–water partition coefficient (Wildman–Crippen LogP) is 5.58. The fourth-order valence-electron chi connectivity index (χ4n) is 9.96. The minimum absolute atomic E-state index is 0.0904. The van der Waals surface area contributed by atoms with Gasteiger partial charge in [-0.15, -0.1) is 0 Å². The predicted molar refractivity (Wildman–Crippen MR) is 230 cm³/mol. The first-order chi connectivity index (χ1) is 29.0. The summed E-state index contributed by atoms with van der Waals surface area (Å²) in [6.07, 6.45) is 6.18. The van der Waals surface area contributed by atoms with Crippen molar-refractivity contribution in [2.75, 3.05) is 92.3 Å². The maximum Gasteiger partial charge on any atom is 0.330 e. The molecule has 0 aliphatic heterocycles. The summed E-state index contributed by atoms with van der Waals surface area (Å²) in [5.41, 5.74) is 8.21. The highest BCUT2D eigenvalue weighted by Gasteiger charge is 2.62. The Morgan fingerprint density at radius 2 is 1.58 bits per heavy atom. The molecule has 328 valence electrons. The van der Waals surface area contributed by atoms with E-state index in [1.807, 2.05) is 30.3 Å². The molecule has 0 unspecified atom stereocenters. The van der Waals surface area contributed by atoms with Crippen LogP contribution in [0, 0.1) is 28.6 Å². The molecule has 15 heteroatoms. The van der Waals surface area contributed by atoms with Crippen molar-refractivity contribution in [1.29, 1.82) is 0 Å². The highest BCUT2D eigenvalue weighted by Crippen LogP contribution is 2.58. The van der Waals surface area contributed by atoms with E-state index >= 15 is 0 Å². The number of methoxy groups -OCH3 is 2. The third-order valence-corrected chi connectivity index (χ3v) is 12.7. The number of carboxylic acid groups (broad SMARTS) is 1. The van der Waals surface area contributed by atoms with Crippen LogP contribution in [0.2, 0.25) is 0 Å². The fraction of sp³-hybridized carbons (Fsp3) is 0.622. The van der Waals surface area contributed by atoms with Crippen LogP contribution in [0.5, 0.6) is 11.5 Å². The Labute approximate surface area is 354 Å². The molecule has 4 aliphatic carbocycles. The highest BCUT2D eigenvalue weighted by atomic mass is 16.5. The number of nitrogens with one attached hydrogen (secondary N) is 2. The lowest BCUT2D eigenvalue weighted by molar-refractivity contribution is -0.551. The maximum absolute atomic E-state index is 14.4. The number of nitroso groups, excluding NO2 is 1. The van der Waals surface area contributed by atoms with Gasteiger partial charge < -0.3 is 45.3 Å². The number of hydrogen-bond donors (Lipinski definition) is 4. The molecule has 2 aromatic carbocycles. The van der Waals surface area contributed by atoms with E-state index in [0.29, 0.717) is 80.7 Å². The number of nitrogens with zero attached hydrogens (tertiary/aromatic N) is 4. The third-order valence-electron chi connectivity index (χ3n) is 12.7. The average molecular weight is 833 g/mol. The number of nitrogens with two attached hydrogens (primary N) is 1. The number of carbonyl (C=O) groups excluding carboxylic acids is 1. The van der Waals surface area contributed by atoms with Crippen LogP contribution < -0.4 is 25.8 Å². The molecule has 60 heavy (non-hydrogen) atoms. The molecule has 0 saturated heterocycles. The zero-order chi connectivity index (χ0) is 42.8. The minimum atomic E-state index is -1.31. The monoisotopic (exact) mass is 832 g/mol. The highest BCUT2D eigenvalue weighted by molar-refractivity contribution is 5.98.